The van der Waals surface area contributed by atoms with E-state index in [4.69, 9.17) is 0 Å². The molecule has 0 aliphatic rings. The number of nitrogens with one attached hydrogen (secondary N) is 2. The van der Waals surface area contributed by atoms with Gasteiger partial charge in [0.15, 0.2) is 11.0 Å². The van der Waals surface area contributed by atoms with Gasteiger partial charge >= 0.3 is 0 Å². The van der Waals surface area contributed by atoms with Crippen molar-refractivity contribution in [3.05, 3.63) is 66.7 Å². The first-order valence-electron chi connectivity index (χ1n) is 10.3. The number of rotatable bonds is 7. The fourth-order valence-electron chi connectivity index (χ4n) is 3.45. The Kier molecular flexibility index (Phi) is 6.51. The topological polar surface area (TPSA) is 88.9 Å². The van der Waals surface area contributed by atoms with Crippen LogP contribution in [0.5, 0.6) is 0 Å². The summed E-state index contributed by atoms with van der Waals surface area (Å²) in [4.78, 5) is 23.8. The fraction of sp³-hybridized carbons (Fsp3) is 0.167. The van der Waals surface area contributed by atoms with Gasteiger partial charge in [0.05, 0.1) is 5.75 Å². The summed E-state index contributed by atoms with van der Waals surface area (Å²) in [6.45, 7) is 4.16. The summed E-state index contributed by atoms with van der Waals surface area (Å²) in [6.07, 6.45) is 0. The lowest BCUT2D eigenvalue weighted by Gasteiger charge is -2.10. The lowest BCUT2D eigenvalue weighted by atomic mass is 10.1. The molecule has 2 amide bonds. The summed E-state index contributed by atoms with van der Waals surface area (Å²) in [5.41, 5.74) is 2.41. The Morgan fingerprint density at radius 3 is 2.44 bits per heavy atom. The number of amides is 2. The molecule has 0 bridgehead atoms. The van der Waals surface area contributed by atoms with E-state index in [1.807, 2.05) is 78.2 Å². The van der Waals surface area contributed by atoms with Crippen LogP contribution in [0.3, 0.4) is 0 Å². The first kappa shape index (κ1) is 21.6. The van der Waals surface area contributed by atoms with Gasteiger partial charge in [-0.2, -0.15) is 0 Å². The molecule has 2 N–H and O–H groups in total. The second-order valence-electron chi connectivity index (χ2n) is 7.17. The summed E-state index contributed by atoms with van der Waals surface area (Å²) < 4.78 is 1.98. The van der Waals surface area contributed by atoms with Gasteiger partial charge < -0.3 is 15.2 Å². The highest BCUT2D eigenvalue weighted by Gasteiger charge is 2.15. The number of nitrogens with zero attached hydrogens (tertiary/aromatic N) is 3. The summed E-state index contributed by atoms with van der Waals surface area (Å²) >= 11 is 1.35. The minimum absolute atomic E-state index is 0.0989. The van der Waals surface area contributed by atoms with Crippen LogP contribution in [-0.2, 0) is 16.1 Å². The Labute approximate surface area is 190 Å². The molecular weight excluding hydrogens is 422 g/mol. The van der Waals surface area contributed by atoms with Crippen molar-refractivity contribution in [2.24, 2.45) is 0 Å². The maximum atomic E-state index is 12.6. The smallest absolute Gasteiger partial charge is 0.234 e. The highest BCUT2D eigenvalue weighted by molar-refractivity contribution is 7.99. The van der Waals surface area contributed by atoms with Crippen LogP contribution in [0, 0.1) is 0 Å². The third-order valence-corrected chi connectivity index (χ3v) is 5.86. The van der Waals surface area contributed by atoms with Crippen LogP contribution in [-0.4, -0.2) is 32.3 Å². The van der Waals surface area contributed by atoms with Gasteiger partial charge in [-0.15, -0.1) is 10.2 Å². The van der Waals surface area contributed by atoms with E-state index in [1.54, 1.807) is 0 Å². The van der Waals surface area contributed by atoms with Crippen molar-refractivity contribution in [2.45, 2.75) is 25.5 Å². The zero-order chi connectivity index (χ0) is 22.5. The zero-order valence-electron chi connectivity index (χ0n) is 17.8. The van der Waals surface area contributed by atoms with Crippen LogP contribution in [0.4, 0.5) is 11.4 Å². The van der Waals surface area contributed by atoms with Crippen molar-refractivity contribution < 1.29 is 9.59 Å². The van der Waals surface area contributed by atoms with E-state index in [0.29, 0.717) is 11.7 Å². The van der Waals surface area contributed by atoms with Gasteiger partial charge in [0.25, 0.3) is 0 Å². The molecule has 0 aliphatic carbocycles. The molecule has 0 saturated heterocycles. The van der Waals surface area contributed by atoms with E-state index in [1.165, 1.54) is 18.7 Å². The van der Waals surface area contributed by atoms with Crippen molar-refractivity contribution in [1.82, 2.24) is 14.8 Å². The molecule has 0 fully saturated rings. The molecule has 0 unspecified atom stereocenters. The molecule has 3 aromatic carbocycles. The Morgan fingerprint density at radius 1 is 0.938 bits per heavy atom. The predicted molar refractivity (Wildman–Crippen MR) is 129 cm³/mol. The van der Waals surface area contributed by atoms with Crippen LogP contribution in [0.1, 0.15) is 13.8 Å². The molecule has 0 saturated carbocycles. The standard InChI is InChI=1S/C24H23N5O2S/c1-3-29-23(18-11-13-19(14-12-18)25-16(2)30)27-28-24(29)32-15-22(31)26-21-10-6-8-17-7-4-5-9-20(17)21/h4-14H,3,15H2,1-2H3,(H,25,30)(H,26,31). The molecule has 1 aromatic heterocycles. The number of benzene rings is 3. The van der Waals surface area contributed by atoms with Crippen LogP contribution in [0.15, 0.2) is 71.9 Å². The Balaban J connectivity index is 1.45. The third kappa shape index (κ3) is 4.81. The zero-order valence-corrected chi connectivity index (χ0v) is 18.6. The highest BCUT2D eigenvalue weighted by atomic mass is 32.2. The maximum Gasteiger partial charge on any atom is 0.234 e. The molecule has 32 heavy (non-hydrogen) atoms. The van der Waals surface area contributed by atoms with Crippen LogP contribution in [0.25, 0.3) is 22.2 Å². The summed E-state index contributed by atoms with van der Waals surface area (Å²) in [5.74, 6) is 0.731. The SMILES string of the molecule is CCn1c(SCC(=O)Nc2cccc3ccccc23)nnc1-c1ccc(NC(C)=O)cc1. The average molecular weight is 446 g/mol. The summed E-state index contributed by atoms with van der Waals surface area (Å²) in [5, 5.41) is 17.1. The number of hydrogen-bond donors (Lipinski definition) is 2. The maximum absolute atomic E-state index is 12.6. The van der Waals surface area contributed by atoms with Gasteiger partial charge in [0.1, 0.15) is 0 Å². The van der Waals surface area contributed by atoms with Crippen molar-refractivity contribution >= 4 is 45.7 Å². The fourth-order valence-corrected chi connectivity index (χ4v) is 4.25. The molecule has 8 heteroatoms. The monoisotopic (exact) mass is 445 g/mol. The molecular formula is C24H23N5O2S. The number of aromatic nitrogens is 3. The van der Waals surface area contributed by atoms with E-state index in [2.05, 4.69) is 20.8 Å². The van der Waals surface area contributed by atoms with Crippen LogP contribution < -0.4 is 10.6 Å². The molecule has 4 aromatic rings. The van der Waals surface area contributed by atoms with Crippen LogP contribution >= 0.6 is 11.8 Å². The molecule has 0 spiro atoms. The quantitative estimate of drug-likeness (QED) is 0.399. The number of anilines is 2. The Hall–Kier alpha value is -3.65. The number of fused-ring (bicyclic) bond motifs is 1. The molecule has 0 atom stereocenters. The second-order valence-corrected chi connectivity index (χ2v) is 8.12. The first-order valence-corrected chi connectivity index (χ1v) is 11.3. The highest BCUT2D eigenvalue weighted by Crippen LogP contribution is 2.26. The number of hydrogen-bond acceptors (Lipinski definition) is 5. The number of thioether (sulfide) groups is 1. The van der Waals surface area contributed by atoms with E-state index in [0.717, 1.165) is 33.5 Å². The van der Waals surface area contributed by atoms with E-state index in [9.17, 15) is 9.59 Å². The number of carbonyl (C=O) groups is 2. The normalized spacial score (nSPS) is 10.8. The summed E-state index contributed by atoms with van der Waals surface area (Å²) in [7, 11) is 0. The molecule has 1 heterocycles. The lowest BCUT2D eigenvalue weighted by Crippen LogP contribution is -2.15. The van der Waals surface area contributed by atoms with Gasteiger partial charge in [0, 0.05) is 35.8 Å². The van der Waals surface area contributed by atoms with Crippen LogP contribution in [0.2, 0.25) is 0 Å². The Morgan fingerprint density at radius 2 is 1.69 bits per heavy atom. The molecule has 0 aliphatic heterocycles. The van der Waals surface area contributed by atoms with Gasteiger partial charge in [0.2, 0.25) is 11.8 Å². The average Bonchev–Trinajstić information content (AvgIpc) is 3.21. The third-order valence-electron chi connectivity index (χ3n) is 4.89. The van der Waals surface area contributed by atoms with Gasteiger partial charge in [-0.25, -0.2) is 0 Å². The van der Waals surface area contributed by atoms with Gasteiger partial charge in [-0.3, -0.25) is 9.59 Å². The predicted octanol–water partition coefficient (Wildman–Crippen LogP) is 4.81. The largest absolute Gasteiger partial charge is 0.326 e. The van der Waals surface area contributed by atoms with Crippen molar-refractivity contribution in [2.75, 3.05) is 16.4 Å². The minimum Gasteiger partial charge on any atom is -0.326 e. The number of carbonyl (C=O) groups excluding carboxylic acids is 2. The molecule has 162 valence electrons. The lowest BCUT2D eigenvalue weighted by molar-refractivity contribution is -0.114. The first-order chi connectivity index (χ1) is 15.5. The molecule has 4 rings (SSSR count). The van der Waals surface area contributed by atoms with Crippen molar-refractivity contribution in [3.8, 4) is 11.4 Å². The van der Waals surface area contributed by atoms with Gasteiger partial charge in [-0.1, -0.05) is 48.2 Å². The van der Waals surface area contributed by atoms with E-state index >= 15 is 0 Å². The van der Waals surface area contributed by atoms with Crippen molar-refractivity contribution in [3.63, 3.8) is 0 Å². The molecule has 7 nitrogen and oxygen atoms in total. The van der Waals surface area contributed by atoms with Gasteiger partial charge in [-0.05, 0) is 42.6 Å². The van der Waals surface area contributed by atoms with Crippen molar-refractivity contribution in [1.29, 1.82) is 0 Å². The minimum atomic E-state index is -0.116. The summed E-state index contributed by atoms with van der Waals surface area (Å²) in [6, 6.07) is 21.3. The second kappa shape index (κ2) is 9.65. The van der Waals surface area contributed by atoms with E-state index < -0.39 is 0 Å². The Bertz CT molecular complexity index is 1260. The van der Waals surface area contributed by atoms with E-state index in [-0.39, 0.29) is 17.6 Å². The molecule has 0 radical (unpaired) electrons.